The molecule has 29 aromatic rings. The molecule has 11 aromatic heterocycles. The number of hydrogen-bond acceptors (Lipinski definition) is 9. The number of nitrogens with zero attached hydrogens (tertiary/aromatic N) is 15. The monoisotopic (exact) mass is 1840 g/mol. The Labute approximate surface area is 826 Å². The van der Waals surface area contributed by atoms with Crippen molar-refractivity contribution in [1.29, 1.82) is 0 Å². The molecule has 15 heteroatoms. The standard InChI is InChI=1S/2C44H28N6.C41H27N3/c1-4-13-29(14-5-1)41-46-42(30-15-6-2-7-16-30)48-44(47-41)50-38-21-11-10-19-34(38)35-24-22-32(28-40(35)50)31-23-25-39-37(27-31)36-20-12-26-45-43(36)49(39)33-17-8-3-9-18-33;1-4-13-29(14-5-1)42-46-43(30-15-6-2-7-16-30)48-44(47-42)50-37-20-11-10-19-34(37)35-24-22-32(28-40(35)50)31-23-25-38-36(27-31)41-39(21-12-26-45-41)49(38)33-17-8-3-9-18-33;1-3-11-28(12-4-1)29-19-22-32(23-20-29)44-37-17-9-7-15-33(37)34-24-21-30(27-40(34)44)36-25-26-39-41(42-36)35-16-8-10-18-38(35)43(39)31-13-5-2-6-14-31/h2*1-28H;1-27H. The van der Waals surface area contributed by atoms with Crippen molar-refractivity contribution >= 4 is 131 Å². The molecule has 0 spiro atoms. The molecule has 674 valence electrons. The Hall–Kier alpha value is -19.8. The van der Waals surface area contributed by atoms with Crippen LogP contribution in [0.2, 0.25) is 0 Å². The topological polar surface area (TPSA) is 146 Å². The highest BCUT2D eigenvalue weighted by Gasteiger charge is 2.26. The molecular weight excluding hydrogens is 1760 g/mol. The van der Waals surface area contributed by atoms with E-state index in [0.29, 0.717) is 35.2 Å². The number of hydrogen-bond donors (Lipinski definition) is 0. The fourth-order valence-corrected chi connectivity index (χ4v) is 20.9. The summed E-state index contributed by atoms with van der Waals surface area (Å²) < 4.78 is 13.6. The lowest BCUT2D eigenvalue weighted by Gasteiger charge is -2.11. The van der Waals surface area contributed by atoms with Crippen LogP contribution in [0.5, 0.6) is 0 Å². The summed E-state index contributed by atoms with van der Waals surface area (Å²) >= 11 is 0. The van der Waals surface area contributed by atoms with Crippen molar-refractivity contribution in [1.82, 2.24) is 72.3 Å². The van der Waals surface area contributed by atoms with E-state index >= 15 is 0 Å². The summed E-state index contributed by atoms with van der Waals surface area (Å²) in [6, 6.07) is 172. The van der Waals surface area contributed by atoms with E-state index in [4.69, 9.17) is 44.9 Å². The lowest BCUT2D eigenvalue weighted by atomic mass is 10.0. The quantitative estimate of drug-likeness (QED) is 0.104. The van der Waals surface area contributed by atoms with Gasteiger partial charge < -0.3 is 13.7 Å². The molecule has 0 saturated carbocycles. The number of para-hydroxylation sites is 7. The van der Waals surface area contributed by atoms with Gasteiger partial charge in [0.2, 0.25) is 11.9 Å². The Morgan fingerprint density at radius 1 is 0.139 bits per heavy atom. The van der Waals surface area contributed by atoms with Gasteiger partial charge in [-0.1, -0.05) is 340 Å². The first-order valence-electron chi connectivity index (χ1n) is 48.3. The zero-order valence-electron chi connectivity index (χ0n) is 77.6. The van der Waals surface area contributed by atoms with Gasteiger partial charge in [-0.2, -0.15) is 19.9 Å². The lowest BCUT2D eigenvalue weighted by Crippen LogP contribution is -2.06. The average Bonchev–Trinajstić information content (AvgIpc) is 1.59. The molecule has 0 radical (unpaired) electrons. The zero-order valence-corrected chi connectivity index (χ0v) is 77.6. The number of aromatic nitrogens is 15. The molecule has 0 fully saturated rings. The van der Waals surface area contributed by atoms with Crippen molar-refractivity contribution in [2.24, 2.45) is 0 Å². The third kappa shape index (κ3) is 14.6. The van der Waals surface area contributed by atoms with Gasteiger partial charge in [0.1, 0.15) is 5.65 Å². The van der Waals surface area contributed by atoms with E-state index in [1.807, 2.05) is 158 Å². The summed E-state index contributed by atoms with van der Waals surface area (Å²) in [4.78, 5) is 45.3. The molecule has 0 aliphatic carbocycles. The minimum absolute atomic E-state index is 0.576. The highest BCUT2D eigenvalue weighted by atomic mass is 15.2. The van der Waals surface area contributed by atoms with Gasteiger partial charge in [-0.05, 0) is 185 Å². The van der Waals surface area contributed by atoms with Crippen LogP contribution in [0, 0.1) is 0 Å². The highest BCUT2D eigenvalue weighted by Crippen LogP contribution is 2.44. The van der Waals surface area contributed by atoms with Crippen molar-refractivity contribution in [2.45, 2.75) is 0 Å². The third-order valence-electron chi connectivity index (χ3n) is 27.6. The number of rotatable bonds is 14. The normalized spacial score (nSPS) is 11.6. The largest absolute Gasteiger partial charge is 0.309 e. The SMILES string of the molecule is c1ccc(-c2ccc(-n3c4ccccc4c4ccc(-c5ccc6c(n5)c5ccccc5n6-c5ccccc5)cc43)cc2)cc1.c1ccc(-c2nc(-c3ccccc3)nc(-n3c4ccccc4c4ccc(-c5ccc6c(c5)c5cccnc5n6-c5ccccc5)cc43)n2)cc1.c1ccc(-c2nc(-c3ccccc3)nc(-n3c4ccccc4c4ccc(-c5ccc6c(c5)c5ncccc5n6-c5ccccc5)cc43)n2)cc1. The van der Waals surface area contributed by atoms with E-state index in [2.05, 4.69) is 373 Å². The summed E-state index contributed by atoms with van der Waals surface area (Å²) in [5, 5.41) is 11.6. The zero-order chi connectivity index (χ0) is 95.1. The van der Waals surface area contributed by atoms with Gasteiger partial charge in [0.15, 0.2) is 23.3 Å². The molecule has 0 bridgehead atoms. The van der Waals surface area contributed by atoms with E-state index in [9.17, 15) is 0 Å². The molecule has 144 heavy (non-hydrogen) atoms. The molecule has 0 atom stereocenters. The van der Waals surface area contributed by atoms with Gasteiger partial charge in [0.25, 0.3) is 0 Å². The minimum atomic E-state index is 0.576. The van der Waals surface area contributed by atoms with Crippen molar-refractivity contribution in [3.63, 3.8) is 0 Å². The Bertz CT molecular complexity index is 9490. The van der Waals surface area contributed by atoms with Crippen molar-refractivity contribution in [2.75, 3.05) is 0 Å². The summed E-state index contributed by atoms with van der Waals surface area (Å²) in [5.41, 5.74) is 32.2. The second-order valence-electron chi connectivity index (χ2n) is 36.0. The van der Waals surface area contributed by atoms with Crippen LogP contribution in [-0.4, -0.2) is 72.3 Å². The summed E-state index contributed by atoms with van der Waals surface area (Å²) in [5.74, 6) is 3.67. The van der Waals surface area contributed by atoms with Crippen LogP contribution in [0.4, 0.5) is 0 Å². The average molecular weight is 1840 g/mol. The molecule has 15 nitrogen and oxygen atoms in total. The molecule has 29 rings (SSSR count). The van der Waals surface area contributed by atoms with E-state index in [0.717, 1.165) is 188 Å². The molecule has 18 aromatic carbocycles. The molecule has 0 saturated heterocycles. The number of benzene rings is 18. The molecule has 11 heterocycles. The first-order chi connectivity index (χ1) is 71.4. The summed E-state index contributed by atoms with van der Waals surface area (Å²) in [7, 11) is 0. The van der Waals surface area contributed by atoms with Crippen LogP contribution in [0.15, 0.2) is 504 Å². The lowest BCUT2D eigenvalue weighted by molar-refractivity contribution is 0.953. The van der Waals surface area contributed by atoms with Crippen LogP contribution in [-0.2, 0) is 0 Å². The first-order valence-corrected chi connectivity index (χ1v) is 48.3. The Morgan fingerprint density at radius 3 is 0.910 bits per heavy atom. The molecular formula is C129H83N15. The number of pyridine rings is 3. The van der Waals surface area contributed by atoms with Crippen LogP contribution in [0.25, 0.3) is 256 Å². The summed E-state index contributed by atoms with van der Waals surface area (Å²) in [6.07, 6.45) is 3.73. The maximum atomic E-state index is 5.30. The fourth-order valence-electron chi connectivity index (χ4n) is 20.9. The van der Waals surface area contributed by atoms with Gasteiger partial charge in [0.05, 0.1) is 77.4 Å². The van der Waals surface area contributed by atoms with Crippen molar-refractivity contribution in [3.05, 3.63) is 504 Å². The minimum Gasteiger partial charge on any atom is -0.309 e. The van der Waals surface area contributed by atoms with Crippen LogP contribution < -0.4 is 0 Å². The van der Waals surface area contributed by atoms with E-state index < -0.39 is 0 Å². The Morgan fingerprint density at radius 2 is 0.431 bits per heavy atom. The van der Waals surface area contributed by atoms with Crippen LogP contribution >= 0.6 is 0 Å². The smallest absolute Gasteiger partial charge is 0.238 e. The molecule has 0 N–H and O–H groups in total. The van der Waals surface area contributed by atoms with Gasteiger partial charge in [0, 0.05) is 117 Å². The first kappa shape index (κ1) is 83.6. The maximum absolute atomic E-state index is 5.30. The van der Waals surface area contributed by atoms with Gasteiger partial charge >= 0.3 is 0 Å². The van der Waals surface area contributed by atoms with Crippen molar-refractivity contribution in [3.8, 4) is 125 Å². The van der Waals surface area contributed by atoms with Gasteiger partial charge in [-0.25, -0.2) is 19.9 Å². The van der Waals surface area contributed by atoms with E-state index in [1.54, 1.807) is 0 Å². The third-order valence-corrected chi connectivity index (χ3v) is 27.6. The Balaban J connectivity index is 0.000000108. The van der Waals surface area contributed by atoms with Crippen LogP contribution in [0.1, 0.15) is 0 Å². The highest BCUT2D eigenvalue weighted by molar-refractivity contribution is 6.16. The van der Waals surface area contributed by atoms with E-state index in [-0.39, 0.29) is 0 Å². The molecule has 0 amide bonds. The summed E-state index contributed by atoms with van der Waals surface area (Å²) in [6.45, 7) is 0. The van der Waals surface area contributed by atoms with E-state index in [1.165, 1.54) is 32.9 Å². The van der Waals surface area contributed by atoms with Gasteiger partial charge in [-0.15, -0.1) is 0 Å². The van der Waals surface area contributed by atoms with Crippen LogP contribution in [0.3, 0.4) is 0 Å². The Kier molecular flexibility index (Phi) is 20.5. The molecule has 0 unspecified atom stereocenters. The number of fused-ring (bicyclic) bond motifs is 18. The maximum Gasteiger partial charge on any atom is 0.238 e. The second kappa shape index (κ2) is 35.3. The second-order valence-corrected chi connectivity index (χ2v) is 36.0. The van der Waals surface area contributed by atoms with Gasteiger partial charge in [-0.3, -0.25) is 18.7 Å². The predicted octanol–water partition coefficient (Wildman–Crippen LogP) is 31.5. The van der Waals surface area contributed by atoms with Crippen molar-refractivity contribution < 1.29 is 0 Å². The predicted molar refractivity (Wildman–Crippen MR) is 589 cm³/mol. The molecule has 0 aliphatic heterocycles. The fraction of sp³-hybridized carbons (Fsp3) is 0. The molecule has 0 aliphatic rings.